The lowest BCUT2D eigenvalue weighted by atomic mass is 10.0. The fourth-order valence-corrected chi connectivity index (χ4v) is 3.34. The number of benzene rings is 1. The molecule has 1 aromatic carbocycles. The first-order chi connectivity index (χ1) is 13.4. The van der Waals surface area contributed by atoms with Gasteiger partial charge >= 0.3 is 5.97 Å². The molecule has 152 valence electrons. The molecular weight excluding hydrogens is 366 g/mol. The topological polar surface area (TPSA) is 108 Å². The van der Waals surface area contributed by atoms with Gasteiger partial charge in [-0.3, -0.25) is 19.3 Å². The van der Waals surface area contributed by atoms with Gasteiger partial charge in [0.1, 0.15) is 13.2 Å². The first kappa shape index (κ1) is 19.9. The highest BCUT2D eigenvalue weighted by atomic mass is 16.6. The summed E-state index contributed by atoms with van der Waals surface area (Å²) in [5, 5.41) is 12.2. The van der Waals surface area contributed by atoms with Gasteiger partial charge in [-0.2, -0.15) is 0 Å². The molecule has 1 atom stereocenters. The number of fused-ring (bicyclic) bond motifs is 1. The van der Waals surface area contributed by atoms with Crippen molar-refractivity contribution in [3.05, 3.63) is 18.2 Å². The van der Waals surface area contributed by atoms with Crippen molar-refractivity contribution in [2.45, 2.75) is 13.3 Å². The number of anilines is 1. The number of carboxylic acid groups (broad SMARTS) is 1. The van der Waals surface area contributed by atoms with Crippen LogP contribution in [0.2, 0.25) is 0 Å². The molecule has 2 aliphatic heterocycles. The predicted molar refractivity (Wildman–Crippen MR) is 100 cm³/mol. The maximum atomic E-state index is 12.4. The summed E-state index contributed by atoms with van der Waals surface area (Å²) in [5.74, 6) is -0.994. The number of amides is 2. The minimum absolute atomic E-state index is 0.0215. The standard InChI is InChI=1S/C19H25N3O6/c1-13(23)22-6-4-21(5-7-22)12-14(19(25)26)10-18(24)20-15-2-3-16-17(11-15)28-9-8-27-16/h2-3,11,14H,4-10,12H2,1H3,(H,20,24)(H,25,26)/t14-/m0/s1. The van der Waals surface area contributed by atoms with Crippen LogP contribution in [0.5, 0.6) is 11.5 Å². The highest BCUT2D eigenvalue weighted by Gasteiger charge is 2.27. The second-order valence-corrected chi connectivity index (χ2v) is 6.95. The molecule has 1 aromatic rings. The number of nitrogens with zero attached hydrogens (tertiary/aromatic N) is 2. The first-order valence-corrected chi connectivity index (χ1v) is 9.32. The smallest absolute Gasteiger partial charge is 0.308 e. The Morgan fingerprint density at radius 1 is 1.11 bits per heavy atom. The highest BCUT2D eigenvalue weighted by molar-refractivity contribution is 5.93. The largest absolute Gasteiger partial charge is 0.486 e. The fourth-order valence-electron chi connectivity index (χ4n) is 3.34. The van der Waals surface area contributed by atoms with Gasteiger partial charge in [0.25, 0.3) is 0 Å². The van der Waals surface area contributed by atoms with E-state index in [0.717, 1.165) is 0 Å². The van der Waals surface area contributed by atoms with Crippen LogP contribution in [0.4, 0.5) is 5.69 Å². The Morgan fingerprint density at radius 2 is 1.79 bits per heavy atom. The summed E-state index contributed by atoms with van der Waals surface area (Å²) in [4.78, 5) is 39.1. The third-order valence-electron chi connectivity index (χ3n) is 4.90. The van der Waals surface area contributed by atoms with Crippen LogP contribution in [0.15, 0.2) is 18.2 Å². The van der Waals surface area contributed by atoms with Crippen LogP contribution in [-0.4, -0.2) is 78.6 Å². The van der Waals surface area contributed by atoms with Gasteiger partial charge in [-0.05, 0) is 12.1 Å². The van der Waals surface area contributed by atoms with E-state index in [1.165, 1.54) is 6.92 Å². The molecule has 2 N–H and O–H groups in total. The minimum atomic E-state index is -1.01. The van der Waals surface area contributed by atoms with Crippen molar-refractivity contribution in [3.63, 3.8) is 0 Å². The number of piperazine rings is 1. The normalized spacial score (nSPS) is 17.7. The number of hydrogen-bond donors (Lipinski definition) is 2. The number of ether oxygens (including phenoxy) is 2. The maximum absolute atomic E-state index is 12.4. The minimum Gasteiger partial charge on any atom is -0.486 e. The number of nitrogens with one attached hydrogen (secondary N) is 1. The van der Waals surface area contributed by atoms with Crippen LogP contribution in [0.1, 0.15) is 13.3 Å². The Balaban J connectivity index is 1.53. The lowest BCUT2D eigenvalue weighted by Gasteiger charge is -2.35. The molecule has 3 rings (SSSR count). The van der Waals surface area contributed by atoms with Crippen LogP contribution in [0, 0.1) is 5.92 Å². The number of carbonyl (C=O) groups is 3. The molecule has 0 radical (unpaired) electrons. The zero-order chi connectivity index (χ0) is 20.1. The summed E-state index contributed by atoms with van der Waals surface area (Å²) >= 11 is 0. The van der Waals surface area contributed by atoms with Gasteiger partial charge in [0.15, 0.2) is 11.5 Å². The van der Waals surface area contributed by atoms with Crippen molar-refractivity contribution in [2.75, 3.05) is 51.3 Å². The van der Waals surface area contributed by atoms with Crippen LogP contribution >= 0.6 is 0 Å². The van der Waals surface area contributed by atoms with Crippen LogP contribution < -0.4 is 14.8 Å². The molecule has 2 aliphatic rings. The molecule has 0 spiro atoms. The van der Waals surface area contributed by atoms with Crippen molar-refractivity contribution in [1.29, 1.82) is 0 Å². The average molecular weight is 391 g/mol. The van der Waals surface area contributed by atoms with E-state index in [9.17, 15) is 19.5 Å². The van der Waals surface area contributed by atoms with Gasteiger partial charge < -0.3 is 24.8 Å². The summed E-state index contributed by atoms with van der Waals surface area (Å²) in [6.45, 7) is 5.09. The summed E-state index contributed by atoms with van der Waals surface area (Å²) in [6.07, 6.45) is -0.128. The number of carboxylic acids is 1. The average Bonchev–Trinajstić information content (AvgIpc) is 2.67. The van der Waals surface area contributed by atoms with Crippen molar-refractivity contribution in [2.24, 2.45) is 5.92 Å². The van der Waals surface area contributed by atoms with Crippen molar-refractivity contribution < 1.29 is 29.0 Å². The zero-order valence-corrected chi connectivity index (χ0v) is 15.8. The molecule has 9 nitrogen and oxygen atoms in total. The molecule has 9 heteroatoms. The molecule has 0 unspecified atom stereocenters. The van der Waals surface area contributed by atoms with Gasteiger partial charge in [0.2, 0.25) is 11.8 Å². The van der Waals surface area contributed by atoms with Crippen molar-refractivity contribution in [1.82, 2.24) is 9.80 Å². The summed E-state index contributed by atoms with van der Waals surface area (Å²) < 4.78 is 10.9. The summed E-state index contributed by atoms with van der Waals surface area (Å²) in [6, 6.07) is 5.08. The molecule has 0 bridgehead atoms. The third-order valence-corrected chi connectivity index (χ3v) is 4.90. The second-order valence-electron chi connectivity index (χ2n) is 6.95. The summed E-state index contributed by atoms with van der Waals surface area (Å²) in [5.41, 5.74) is 0.536. The number of hydrogen-bond acceptors (Lipinski definition) is 6. The van der Waals surface area contributed by atoms with Crippen LogP contribution in [0.25, 0.3) is 0 Å². The third kappa shape index (κ3) is 5.13. The Morgan fingerprint density at radius 3 is 2.43 bits per heavy atom. The van der Waals surface area contributed by atoms with Gasteiger partial charge in [0, 0.05) is 57.8 Å². The molecule has 1 saturated heterocycles. The molecule has 1 fully saturated rings. The number of aliphatic carboxylic acids is 1. The Bertz CT molecular complexity index is 745. The van der Waals surface area contributed by atoms with Crippen molar-refractivity contribution >= 4 is 23.5 Å². The predicted octanol–water partition coefficient (Wildman–Crippen LogP) is 0.651. The van der Waals surface area contributed by atoms with Crippen molar-refractivity contribution in [3.8, 4) is 11.5 Å². The van der Waals surface area contributed by atoms with E-state index < -0.39 is 11.9 Å². The molecule has 0 aliphatic carbocycles. The van der Waals surface area contributed by atoms with E-state index in [1.54, 1.807) is 23.1 Å². The molecule has 0 aromatic heterocycles. The van der Waals surface area contributed by atoms with E-state index in [0.29, 0.717) is 56.6 Å². The van der Waals surface area contributed by atoms with E-state index in [4.69, 9.17) is 9.47 Å². The van der Waals surface area contributed by atoms with E-state index >= 15 is 0 Å². The molecule has 28 heavy (non-hydrogen) atoms. The zero-order valence-electron chi connectivity index (χ0n) is 15.8. The first-order valence-electron chi connectivity index (χ1n) is 9.32. The second kappa shape index (κ2) is 8.92. The fraction of sp³-hybridized carbons (Fsp3) is 0.526. The monoisotopic (exact) mass is 391 g/mol. The molecular formula is C19H25N3O6. The highest BCUT2D eigenvalue weighted by Crippen LogP contribution is 2.32. The van der Waals surface area contributed by atoms with E-state index in [1.807, 2.05) is 4.90 Å². The number of rotatable bonds is 6. The Kier molecular flexibility index (Phi) is 6.35. The molecule has 2 heterocycles. The van der Waals surface area contributed by atoms with Gasteiger partial charge in [-0.15, -0.1) is 0 Å². The lowest BCUT2D eigenvalue weighted by molar-refractivity contribution is -0.144. The lowest BCUT2D eigenvalue weighted by Crippen LogP contribution is -2.50. The summed E-state index contributed by atoms with van der Waals surface area (Å²) in [7, 11) is 0. The Labute approximate surface area is 163 Å². The Hall–Kier alpha value is -2.81. The molecule has 2 amide bonds. The van der Waals surface area contributed by atoms with Crippen LogP contribution in [-0.2, 0) is 14.4 Å². The quantitative estimate of drug-likeness (QED) is 0.733. The SMILES string of the molecule is CC(=O)N1CCN(C[C@H](CC(=O)Nc2ccc3c(c2)OCCO3)C(=O)O)CC1. The number of carbonyl (C=O) groups excluding carboxylic acids is 2. The maximum Gasteiger partial charge on any atom is 0.308 e. The molecule has 0 saturated carbocycles. The van der Waals surface area contributed by atoms with E-state index in [2.05, 4.69) is 5.32 Å². The van der Waals surface area contributed by atoms with E-state index in [-0.39, 0.29) is 24.8 Å². The van der Waals surface area contributed by atoms with Crippen LogP contribution in [0.3, 0.4) is 0 Å². The van der Waals surface area contributed by atoms with Gasteiger partial charge in [0.05, 0.1) is 5.92 Å². The van der Waals surface area contributed by atoms with Gasteiger partial charge in [-0.1, -0.05) is 0 Å². The van der Waals surface area contributed by atoms with Gasteiger partial charge in [-0.25, -0.2) is 0 Å².